The molecule has 0 amide bonds. The van der Waals surface area contributed by atoms with Crippen LogP contribution >= 0.6 is 11.6 Å². The van der Waals surface area contributed by atoms with E-state index in [2.05, 4.69) is 5.32 Å². The zero-order valence-electron chi connectivity index (χ0n) is 15.8. The van der Waals surface area contributed by atoms with Crippen molar-refractivity contribution >= 4 is 21.4 Å². The fourth-order valence-corrected chi connectivity index (χ4v) is 4.63. The molecule has 0 aromatic heterocycles. The van der Waals surface area contributed by atoms with Gasteiger partial charge in [0.2, 0.25) is 0 Å². The normalized spacial score (nSPS) is 12.7. The molecule has 0 radical (unpaired) electrons. The Labute approximate surface area is 174 Å². The number of aliphatic hydroxyl groups excluding tert-OH is 1. The number of rotatable bonds is 7. The largest absolute Gasteiger partial charge is 0.394 e. The van der Waals surface area contributed by atoms with E-state index in [1.54, 1.807) is 49.5 Å². The molecule has 152 valence electrons. The average Bonchev–Trinajstić information content (AvgIpc) is 2.69. The molecule has 7 heteroatoms. The summed E-state index contributed by atoms with van der Waals surface area (Å²) < 4.78 is 39.7. The van der Waals surface area contributed by atoms with Crippen LogP contribution < -0.4 is 5.32 Å². The van der Waals surface area contributed by atoms with Crippen molar-refractivity contribution in [3.05, 3.63) is 88.7 Å². The van der Waals surface area contributed by atoms with Crippen molar-refractivity contribution in [3.63, 3.8) is 0 Å². The van der Waals surface area contributed by atoms with E-state index in [1.807, 2.05) is 6.07 Å². The zero-order chi connectivity index (χ0) is 21.0. The first kappa shape index (κ1) is 21.5. The summed E-state index contributed by atoms with van der Waals surface area (Å²) in [5, 5.41) is 12.7. The fourth-order valence-electron chi connectivity index (χ4n) is 3.13. The zero-order valence-corrected chi connectivity index (χ0v) is 17.3. The second kappa shape index (κ2) is 9.05. The summed E-state index contributed by atoms with van der Waals surface area (Å²) in [4.78, 5) is 0.161. The summed E-state index contributed by atoms with van der Waals surface area (Å²) in [5.74, 6) is -0.634. The SMILES string of the molecule is CNC(CO)c1cccc(CS(=O)(=O)c2ccc(-c3ccc(Cl)cc3F)cc2)c1. The number of sulfone groups is 1. The van der Waals surface area contributed by atoms with Gasteiger partial charge in [0.1, 0.15) is 5.82 Å². The summed E-state index contributed by atoms with van der Waals surface area (Å²) in [7, 11) is -1.85. The first-order valence-corrected chi connectivity index (χ1v) is 11.0. The summed E-state index contributed by atoms with van der Waals surface area (Å²) >= 11 is 5.78. The van der Waals surface area contributed by atoms with Crippen molar-refractivity contribution in [1.29, 1.82) is 0 Å². The lowest BCUT2D eigenvalue weighted by atomic mass is 10.1. The van der Waals surface area contributed by atoms with Gasteiger partial charge >= 0.3 is 0 Å². The Bertz CT molecular complexity index is 1100. The molecule has 0 aliphatic heterocycles. The van der Waals surface area contributed by atoms with E-state index in [0.29, 0.717) is 21.7 Å². The smallest absolute Gasteiger partial charge is 0.182 e. The number of halogens is 2. The van der Waals surface area contributed by atoms with Gasteiger partial charge in [-0.2, -0.15) is 0 Å². The molecule has 2 N–H and O–H groups in total. The number of benzene rings is 3. The monoisotopic (exact) mass is 433 g/mol. The third kappa shape index (κ3) is 5.03. The minimum atomic E-state index is -3.58. The maximum Gasteiger partial charge on any atom is 0.182 e. The highest BCUT2D eigenvalue weighted by atomic mass is 35.5. The quantitative estimate of drug-likeness (QED) is 0.580. The summed E-state index contributed by atoms with van der Waals surface area (Å²) in [6.45, 7) is -0.0879. The van der Waals surface area contributed by atoms with Crippen LogP contribution in [0.25, 0.3) is 11.1 Å². The van der Waals surface area contributed by atoms with E-state index in [-0.39, 0.29) is 23.3 Å². The van der Waals surface area contributed by atoms with Crippen molar-refractivity contribution in [2.75, 3.05) is 13.7 Å². The molecule has 0 aliphatic carbocycles. The summed E-state index contributed by atoms with van der Waals surface area (Å²) in [6.07, 6.45) is 0. The van der Waals surface area contributed by atoms with E-state index in [0.717, 1.165) is 5.56 Å². The van der Waals surface area contributed by atoms with Crippen molar-refractivity contribution < 1.29 is 17.9 Å². The lowest BCUT2D eigenvalue weighted by Crippen LogP contribution is -2.20. The molecule has 3 aromatic rings. The third-order valence-electron chi connectivity index (χ3n) is 4.70. The fraction of sp³-hybridized carbons (Fsp3) is 0.182. The molecular weight excluding hydrogens is 413 g/mol. The number of nitrogens with one attached hydrogen (secondary N) is 1. The predicted molar refractivity (Wildman–Crippen MR) is 113 cm³/mol. The first-order chi connectivity index (χ1) is 13.8. The second-order valence-corrected chi connectivity index (χ2v) is 9.10. The Morgan fingerprint density at radius 3 is 2.41 bits per heavy atom. The lowest BCUT2D eigenvalue weighted by Gasteiger charge is -2.14. The van der Waals surface area contributed by atoms with Crippen LogP contribution in [-0.2, 0) is 15.6 Å². The molecule has 0 saturated heterocycles. The van der Waals surface area contributed by atoms with Crippen LogP contribution in [0, 0.1) is 5.82 Å². The van der Waals surface area contributed by atoms with Crippen molar-refractivity contribution in [3.8, 4) is 11.1 Å². The van der Waals surface area contributed by atoms with Gasteiger partial charge in [0.25, 0.3) is 0 Å². The van der Waals surface area contributed by atoms with Crippen LogP contribution in [-0.4, -0.2) is 27.2 Å². The van der Waals surface area contributed by atoms with Crippen LogP contribution in [0.5, 0.6) is 0 Å². The topological polar surface area (TPSA) is 66.4 Å². The molecule has 1 atom stereocenters. The molecule has 0 heterocycles. The van der Waals surface area contributed by atoms with Gasteiger partial charge in [-0.3, -0.25) is 0 Å². The minimum Gasteiger partial charge on any atom is -0.394 e. The Kier molecular flexibility index (Phi) is 6.70. The van der Waals surface area contributed by atoms with Crippen molar-refractivity contribution in [2.24, 2.45) is 0 Å². The maximum absolute atomic E-state index is 14.1. The molecule has 0 spiro atoms. The Hall–Kier alpha value is -2.25. The number of aliphatic hydroxyl groups is 1. The van der Waals surface area contributed by atoms with Gasteiger partial charge in [-0.05, 0) is 54.1 Å². The highest BCUT2D eigenvalue weighted by Crippen LogP contribution is 2.27. The van der Waals surface area contributed by atoms with Crippen molar-refractivity contribution in [2.45, 2.75) is 16.7 Å². The molecule has 1 unspecified atom stereocenters. The summed E-state index contributed by atoms with van der Waals surface area (Å²) in [6, 6.07) is 17.3. The van der Waals surface area contributed by atoms with Gasteiger partial charge in [-0.25, -0.2) is 12.8 Å². The first-order valence-electron chi connectivity index (χ1n) is 8.99. The predicted octanol–water partition coefficient (Wildman–Crippen LogP) is 4.37. The summed E-state index contributed by atoms with van der Waals surface area (Å²) in [5.41, 5.74) is 2.37. The Balaban J connectivity index is 1.84. The standard InChI is InChI=1S/C22H21ClFNO3S/c1-25-22(13-26)17-4-2-3-15(11-17)14-29(27,28)19-8-5-16(6-9-19)20-10-7-18(23)12-21(20)24/h2-12,22,25-26H,13-14H2,1H3. The lowest BCUT2D eigenvalue weighted by molar-refractivity contribution is 0.251. The number of hydrogen-bond acceptors (Lipinski definition) is 4. The highest BCUT2D eigenvalue weighted by molar-refractivity contribution is 7.90. The van der Waals surface area contributed by atoms with E-state index >= 15 is 0 Å². The highest BCUT2D eigenvalue weighted by Gasteiger charge is 2.17. The van der Waals surface area contributed by atoms with E-state index in [1.165, 1.54) is 18.2 Å². The molecule has 0 bridgehead atoms. The van der Waals surface area contributed by atoms with Gasteiger partial charge in [0.05, 0.1) is 23.3 Å². The van der Waals surface area contributed by atoms with Crippen LogP contribution in [0.2, 0.25) is 5.02 Å². The Morgan fingerprint density at radius 2 is 1.79 bits per heavy atom. The van der Waals surface area contributed by atoms with Gasteiger partial charge in [-0.15, -0.1) is 0 Å². The molecule has 3 rings (SSSR count). The molecule has 0 saturated carbocycles. The Morgan fingerprint density at radius 1 is 1.07 bits per heavy atom. The van der Waals surface area contributed by atoms with Crippen LogP contribution in [0.15, 0.2) is 71.6 Å². The van der Waals surface area contributed by atoms with Gasteiger partial charge in [-0.1, -0.05) is 48.0 Å². The minimum absolute atomic E-state index is 0.0879. The maximum atomic E-state index is 14.1. The third-order valence-corrected chi connectivity index (χ3v) is 6.64. The van der Waals surface area contributed by atoms with Gasteiger partial charge in [0, 0.05) is 10.6 Å². The molecule has 0 fully saturated rings. The van der Waals surface area contributed by atoms with Gasteiger partial charge in [0.15, 0.2) is 9.84 Å². The number of likely N-dealkylation sites (N-methyl/N-ethyl adjacent to an activating group) is 1. The molecule has 29 heavy (non-hydrogen) atoms. The molecule has 3 aromatic carbocycles. The van der Waals surface area contributed by atoms with Crippen molar-refractivity contribution in [1.82, 2.24) is 5.32 Å². The molecular formula is C22H21ClFNO3S. The second-order valence-electron chi connectivity index (χ2n) is 6.68. The molecule has 0 aliphatic rings. The number of hydrogen-bond donors (Lipinski definition) is 2. The van der Waals surface area contributed by atoms with E-state index in [4.69, 9.17) is 11.6 Å². The van der Waals surface area contributed by atoms with E-state index in [9.17, 15) is 17.9 Å². The average molecular weight is 434 g/mol. The van der Waals surface area contributed by atoms with Crippen LogP contribution in [0.4, 0.5) is 4.39 Å². The molecule has 4 nitrogen and oxygen atoms in total. The van der Waals surface area contributed by atoms with Crippen LogP contribution in [0.3, 0.4) is 0 Å². The van der Waals surface area contributed by atoms with Crippen LogP contribution in [0.1, 0.15) is 17.2 Å². The van der Waals surface area contributed by atoms with E-state index < -0.39 is 15.7 Å². The van der Waals surface area contributed by atoms with Gasteiger partial charge < -0.3 is 10.4 Å².